The lowest BCUT2D eigenvalue weighted by molar-refractivity contribution is -0.0262. The summed E-state index contributed by atoms with van der Waals surface area (Å²) in [6, 6.07) is 3.95. The van der Waals surface area contributed by atoms with Crippen LogP contribution in [0, 0.1) is 0 Å². The van der Waals surface area contributed by atoms with Crippen molar-refractivity contribution in [3.63, 3.8) is 0 Å². The normalized spacial score (nSPS) is 19.9. The van der Waals surface area contributed by atoms with Crippen molar-refractivity contribution in [3.05, 3.63) is 22.2 Å². The van der Waals surface area contributed by atoms with E-state index in [1.807, 2.05) is 12.1 Å². The molecule has 1 unspecified atom stereocenters. The van der Waals surface area contributed by atoms with Crippen molar-refractivity contribution in [3.8, 4) is 11.5 Å². The van der Waals surface area contributed by atoms with Crippen LogP contribution in [-0.2, 0) is 11.3 Å². The summed E-state index contributed by atoms with van der Waals surface area (Å²) in [5.41, 5.74) is 6.78. The predicted molar refractivity (Wildman–Crippen MR) is 81.3 cm³/mol. The van der Waals surface area contributed by atoms with Gasteiger partial charge in [0.15, 0.2) is 0 Å². The fraction of sp³-hybridized carbons (Fsp3) is 0.571. The summed E-state index contributed by atoms with van der Waals surface area (Å²) >= 11 is 3.47. The van der Waals surface area contributed by atoms with E-state index >= 15 is 0 Å². The van der Waals surface area contributed by atoms with E-state index in [0.717, 1.165) is 47.8 Å². The Morgan fingerprint density at radius 1 is 1.35 bits per heavy atom. The molecule has 0 aliphatic carbocycles. The summed E-state index contributed by atoms with van der Waals surface area (Å²) in [6.07, 6.45) is 0.118. The molecule has 6 heteroatoms. The number of morpholine rings is 1. The topological polar surface area (TPSA) is 57.0 Å². The SMILES string of the molecule is COc1cc(CN2CCOC(CN)C2)c(OC)cc1Br. The van der Waals surface area contributed by atoms with Gasteiger partial charge < -0.3 is 19.9 Å². The van der Waals surface area contributed by atoms with Crippen LogP contribution >= 0.6 is 15.9 Å². The summed E-state index contributed by atoms with van der Waals surface area (Å²) in [7, 11) is 3.34. The minimum atomic E-state index is 0.118. The van der Waals surface area contributed by atoms with Gasteiger partial charge in [-0.15, -0.1) is 0 Å². The van der Waals surface area contributed by atoms with Crippen LogP contribution in [-0.4, -0.2) is 51.5 Å². The average Bonchev–Trinajstić information content (AvgIpc) is 2.48. The molecule has 0 spiro atoms. The fourth-order valence-electron chi connectivity index (χ4n) is 2.35. The lowest BCUT2D eigenvalue weighted by Gasteiger charge is -2.32. The first-order valence-corrected chi connectivity index (χ1v) is 7.41. The van der Waals surface area contributed by atoms with Crippen LogP contribution in [0.25, 0.3) is 0 Å². The third-order valence-electron chi connectivity index (χ3n) is 3.43. The summed E-state index contributed by atoms with van der Waals surface area (Å²) in [5, 5.41) is 0. The number of halogens is 1. The number of ether oxygens (including phenoxy) is 3. The first kappa shape index (κ1) is 15.6. The second kappa shape index (κ2) is 7.26. The summed E-state index contributed by atoms with van der Waals surface area (Å²) in [4.78, 5) is 2.33. The van der Waals surface area contributed by atoms with E-state index in [0.29, 0.717) is 6.54 Å². The Morgan fingerprint density at radius 3 is 2.75 bits per heavy atom. The molecule has 0 radical (unpaired) electrons. The van der Waals surface area contributed by atoms with Crippen molar-refractivity contribution in [2.45, 2.75) is 12.6 Å². The zero-order chi connectivity index (χ0) is 14.5. The second-order valence-electron chi connectivity index (χ2n) is 4.76. The standard InChI is InChI=1S/C14H21BrN2O3/c1-18-13-6-12(15)14(19-2)5-10(13)8-17-3-4-20-11(7-16)9-17/h5-6,11H,3-4,7-9,16H2,1-2H3. The average molecular weight is 345 g/mol. The van der Waals surface area contributed by atoms with Gasteiger partial charge in [-0.25, -0.2) is 0 Å². The number of rotatable bonds is 5. The zero-order valence-corrected chi connectivity index (χ0v) is 13.5. The molecule has 1 atom stereocenters. The van der Waals surface area contributed by atoms with Gasteiger partial charge in [-0.05, 0) is 28.1 Å². The van der Waals surface area contributed by atoms with Crippen LogP contribution in [0.1, 0.15) is 5.56 Å². The Hall–Kier alpha value is -0.820. The molecule has 0 saturated carbocycles. The van der Waals surface area contributed by atoms with Gasteiger partial charge in [-0.2, -0.15) is 0 Å². The van der Waals surface area contributed by atoms with E-state index in [9.17, 15) is 0 Å². The van der Waals surface area contributed by atoms with Crippen molar-refractivity contribution in [2.24, 2.45) is 5.73 Å². The molecule has 112 valence electrons. The Labute approximate surface area is 128 Å². The minimum absolute atomic E-state index is 0.118. The van der Waals surface area contributed by atoms with Crippen LogP contribution in [0.5, 0.6) is 11.5 Å². The summed E-state index contributed by atoms with van der Waals surface area (Å²) < 4.78 is 17.3. The quantitative estimate of drug-likeness (QED) is 0.879. The van der Waals surface area contributed by atoms with Crippen molar-refractivity contribution in [2.75, 3.05) is 40.5 Å². The summed E-state index contributed by atoms with van der Waals surface area (Å²) in [6.45, 7) is 3.82. The molecule has 2 rings (SSSR count). The molecule has 0 amide bonds. The smallest absolute Gasteiger partial charge is 0.133 e. The van der Waals surface area contributed by atoms with Crippen LogP contribution in [0.4, 0.5) is 0 Å². The van der Waals surface area contributed by atoms with Gasteiger partial charge in [0.25, 0.3) is 0 Å². The lowest BCUT2D eigenvalue weighted by Crippen LogP contribution is -2.45. The Morgan fingerprint density at radius 2 is 2.10 bits per heavy atom. The molecular weight excluding hydrogens is 324 g/mol. The van der Waals surface area contributed by atoms with E-state index in [1.54, 1.807) is 14.2 Å². The van der Waals surface area contributed by atoms with E-state index in [1.165, 1.54) is 0 Å². The highest BCUT2D eigenvalue weighted by atomic mass is 79.9. The molecule has 20 heavy (non-hydrogen) atoms. The van der Waals surface area contributed by atoms with Crippen molar-refractivity contribution in [1.29, 1.82) is 0 Å². The molecule has 1 saturated heterocycles. The van der Waals surface area contributed by atoms with Crippen molar-refractivity contribution in [1.82, 2.24) is 4.90 Å². The molecule has 1 heterocycles. The van der Waals surface area contributed by atoms with Crippen LogP contribution in [0.2, 0.25) is 0 Å². The fourth-order valence-corrected chi connectivity index (χ4v) is 2.84. The Bertz CT molecular complexity index is 456. The van der Waals surface area contributed by atoms with Gasteiger partial charge in [0.05, 0.1) is 31.4 Å². The van der Waals surface area contributed by atoms with Gasteiger partial charge in [-0.3, -0.25) is 4.90 Å². The van der Waals surface area contributed by atoms with Gasteiger partial charge >= 0.3 is 0 Å². The van der Waals surface area contributed by atoms with E-state index in [-0.39, 0.29) is 6.10 Å². The van der Waals surface area contributed by atoms with E-state index < -0.39 is 0 Å². The van der Waals surface area contributed by atoms with Crippen molar-refractivity contribution >= 4 is 15.9 Å². The second-order valence-corrected chi connectivity index (χ2v) is 5.62. The van der Waals surface area contributed by atoms with E-state index in [2.05, 4.69) is 20.8 Å². The van der Waals surface area contributed by atoms with Crippen LogP contribution < -0.4 is 15.2 Å². The number of hydrogen-bond donors (Lipinski definition) is 1. The molecule has 1 aliphatic rings. The minimum Gasteiger partial charge on any atom is -0.496 e. The number of benzene rings is 1. The highest BCUT2D eigenvalue weighted by Gasteiger charge is 2.21. The van der Waals surface area contributed by atoms with Gasteiger partial charge in [-0.1, -0.05) is 0 Å². The van der Waals surface area contributed by atoms with Crippen LogP contribution in [0.3, 0.4) is 0 Å². The zero-order valence-electron chi connectivity index (χ0n) is 11.9. The molecule has 0 bridgehead atoms. The predicted octanol–water partition coefficient (Wildman–Crippen LogP) is 1.63. The third kappa shape index (κ3) is 3.63. The third-order valence-corrected chi connectivity index (χ3v) is 4.05. The molecule has 2 N–H and O–H groups in total. The highest BCUT2D eigenvalue weighted by molar-refractivity contribution is 9.10. The van der Waals surface area contributed by atoms with E-state index in [4.69, 9.17) is 19.9 Å². The maximum absolute atomic E-state index is 5.68. The number of methoxy groups -OCH3 is 2. The van der Waals surface area contributed by atoms with Crippen molar-refractivity contribution < 1.29 is 14.2 Å². The molecule has 1 aromatic rings. The molecule has 1 aromatic carbocycles. The molecule has 1 aliphatic heterocycles. The Kier molecular flexibility index (Phi) is 5.65. The van der Waals surface area contributed by atoms with Gasteiger partial charge in [0.1, 0.15) is 11.5 Å². The molecule has 1 fully saturated rings. The Balaban J connectivity index is 2.15. The maximum Gasteiger partial charge on any atom is 0.133 e. The maximum atomic E-state index is 5.68. The number of hydrogen-bond acceptors (Lipinski definition) is 5. The van der Waals surface area contributed by atoms with Gasteiger partial charge in [0, 0.05) is 31.7 Å². The molecular formula is C14H21BrN2O3. The highest BCUT2D eigenvalue weighted by Crippen LogP contribution is 2.33. The number of nitrogens with zero attached hydrogens (tertiary/aromatic N) is 1. The summed E-state index contributed by atoms with van der Waals surface area (Å²) in [5.74, 6) is 1.66. The first-order valence-electron chi connectivity index (χ1n) is 6.62. The van der Waals surface area contributed by atoms with Gasteiger partial charge in [0.2, 0.25) is 0 Å². The van der Waals surface area contributed by atoms with Crippen LogP contribution in [0.15, 0.2) is 16.6 Å². The monoisotopic (exact) mass is 344 g/mol. The first-order chi connectivity index (χ1) is 9.67. The molecule has 0 aromatic heterocycles. The largest absolute Gasteiger partial charge is 0.496 e. The lowest BCUT2D eigenvalue weighted by atomic mass is 10.1. The molecule has 5 nitrogen and oxygen atoms in total. The number of nitrogens with two attached hydrogens (primary N) is 1.